The van der Waals surface area contributed by atoms with Crippen LogP contribution in [0.5, 0.6) is 0 Å². The average Bonchev–Trinajstić information content (AvgIpc) is 2.30. The van der Waals surface area contributed by atoms with Crippen LogP contribution in [0.1, 0.15) is 33.1 Å². The van der Waals surface area contributed by atoms with Gasteiger partial charge in [-0.2, -0.15) is 5.26 Å². The zero-order valence-corrected chi connectivity index (χ0v) is 10.2. The molecule has 1 aliphatic rings. The minimum atomic E-state index is -0.249. The molecule has 0 spiro atoms. The van der Waals surface area contributed by atoms with Crippen molar-refractivity contribution in [2.45, 2.75) is 33.1 Å². The molecule has 0 N–H and O–H groups in total. The van der Waals surface area contributed by atoms with Gasteiger partial charge in [-0.25, -0.2) is 0 Å². The van der Waals surface area contributed by atoms with Crippen molar-refractivity contribution in [1.29, 1.82) is 5.26 Å². The van der Waals surface area contributed by atoms with E-state index < -0.39 is 0 Å². The summed E-state index contributed by atoms with van der Waals surface area (Å²) in [5.41, 5.74) is -0.249. The third kappa shape index (κ3) is 3.49. The van der Waals surface area contributed by atoms with Crippen LogP contribution in [-0.2, 0) is 9.53 Å². The monoisotopic (exact) mass is 224 g/mol. The largest absolute Gasteiger partial charge is 0.372 e. The van der Waals surface area contributed by atoms with E-state index in [1.165, 1.54) is 0 Å². The second-order valence-corrected chi connectivity index (χ2v) is 4.61. The van der Waals surface area contributed by atoms with E-state index in [1.54, 1.807) is 4.90 Å². The standard InChI is InChI=1S/C12H20N2O2/c1-3-8-16-9-11(15)14-6-4-12(2,10-13)5-7-14/h3-9H2,1-2H3. The summed E-state index contributed by atoms with van der Waals surface area (Å²) in [6.45, 7) is 6.15. The Morgan fingerprint density at radius 2 is 2.12 bits per heavy atom. The van der Waals surface area contributed by atoms with Gasteiger partial charge in [-0.15, -0.1) is 0 Å². The Morgan fingerprint density at radius 1 is 1.50 bits per heavy atom. The number of hydrogen-bond acceptors (Lipinski definition) is 3. The van der Waals surface area contributed by atoms with E-state index in [4.69, 9.17) is 10.00 Å². The molecule has 90 valence electrons. The SMILES string of the molecule is CCCOCC(=O)N1CCC(C)(C#N)CC1. The highest BCUT2D eigenvalue weighted by Crippen LogP contribution is 2.29. The molecule has 0 aliphatic carbocycles. The number of likely N-dealkylation sites (tertiary alicyclic amines) is 1. The number of piperidine rings is 1. The molecule has 1 heterocycles. The van der Waals surface area contributed by atoms with Crippen molar-refractivity contribution in [2.24, 2.45) is 5.41 Å². The van der Waals surface area contributed by atoms with Gasteiger partial charge in [-0.05, 0) is 26.2 Å². The number of ether oxygens (including phenoxy) is 1. The van der Waals surface area contributed by atoms with Crippen molar-refractivity contribution < 1.29 is 9.53 Å². The molecule has 1 amide bonds. The highest BCUT2D eigenvalue weighted by molar-refractivity contribution is 5.77. The van der Waals surface area contributed by atoms with Crippen molar-refractivity contribution in [3.8, 4) is 6.07 Å². The van der Waals surface area contributed by atoms with Crippen molar-refractivity contribution in [3.63, 3.8) is 0 Å². The van der Waals surface area contributed by atoms with Gasteiger partial charge in [0.2, 0.25) is 5.91 Å². The normalized spacial score (nSPS) is 19.2. The Bertz CT molecular complexity index is 275. The molecule has 16 heavy (non-hydrogen) atoms. The smallest absolute Gasteiger partial charge is 0.248 e. The van der Waals surface area contributed by atoms with Crippen LogP contribution in [0.2, 0.25) is 0 Å². The van der Waals surface area contributed by atoms with Gasteiger partial charge in [0.15, 0.2) is 0 Å². The molecule has 0 radical (unpaired) electrons. The molecule has 1 saturated heterocycles. The first-order chi connectivity index (χ1) is 7.61. The zero-order valence-electron chi connectivity index (χ0n) is 10.2. The molecule has 4 heteroatoms. The predicted octanol–water partition coefficient (Wildman–Crippen LogP) is 1.57. The predicted molar refractivity (Wildman–Crippen MR) is 60.6 cm³/mol. The Morgan fingerprint density at radius 3 is 2.62 bits per heavy atom. The number of amides is 1. The summed E-state index contributed by atoms with van der Waals surface area (Å²) in [5, 5.41) is 8.97. The van der Waals surface area contributed by atoms with Crippen LogP contribution in [0.25, 0.3) is 0 Å². The van der Waals surface area contributed by atoms with Crippen LogP contribution in [0, 0.1) is 16.7 Å². The fourth-order valence-electron chi connectivity index (χ4n) is 1.76. The number of carbonyl (C=O) groups is 1. The summed E-state index contributed by atoms with van der Waals surface area (Å²) in [7, 11) is 0. The molecule has 1 rings (SSSR count). The van der Waals surface area contributed by atoms with Crippen molar-refractivity contribution in [2.75, 3.05) is 26.3 Å². The van der Waals surface area contributed by atoms with Crippen LogP contribution in [0.3, 0.4) is 0 Å². The third-order valence-electron chi connectivity index (χ3n) is 3.06. The summed E-state index contributed by atoms with van der Waals surface area (Å²) in [5.74, 6) is 0.0495. The Labute approximate surface area is 97.2 Å². The van der Waals surface area contributed by atoms with Crippen molar-refractivity contribution in [1.82, 2.24) is 4.90 Å². The number of nitriles is 1. The summed E-state index contributed by atoms with van der Waals surface area (Å²) >= 11 is 0. The minimum Gasteiger partial charge on any atom is -0.372 e. The van der Waals surface area contributed by atoms with Crippen LogP contribution < -0.4 is 0 Å². The van der Waals surface area contributed by atoms with E-state index in [0.29, 0.717) is 19.7 Å². The summed E-state index contributed by atoms with van der Waals surface area (Å²) < 4.78 is 5.22. The zero-order chi connectivity index (χ0) is 12.0. The fourth-order valence-corrected chi connectivity index (χ4v) is 1.76. The van der Waals surface area contributed by atoms with E-state index >= 15 is 0 Å². The van der Waals surface area contributed by atoms with Gasteiger partial charge in [-0.1, -0.05) is 6.92 Å². The summed E-state index contributed by atoms with van der Waals surface area (Å²) in [4.78, 5) is 13.5. The highest BCUT2D eigenvalue weighted by Gasteiger charge is 2.31. The van der Waals surface area contributed by atoms with E-state index in [2.05, 4.69) is 6.07 Å². The van der Waals surface area contributed by atoms with Crippen molar-refractivity contribution in [3.05, 3.63) is 0 Å². The molecule has 4 nitrogen and oxygen atoms in total. The Balaban J connectivity index is 2.31. The number of rotatable bonds is 4. The average molecular weight is 224 g/mol. The first-order valence-corrected chi connectivity index (χ1v) is 5.88. The topological polar surface area (TPSA) is 53.3 Å². The van der Waals surface area contributed by atoms with E-state index in [0.717, 1.165) is 19.3 Å². The fraction of sp³-hybridized carbons (Fsp3) is 0.833. The molecule has 0 aromatic heterocycles. The van der Waals surface area contributed by atoms with Gasteiger partial charge in [-0.3, -0.25) is 4.79 Å². The quantitative estimate of drug-likeness (QED) is 0.681. The molecular weight excluding hydrogens is 204 g/mol. The maximum Gasteiger partial charge on any atom is 0.248 e. The minimum absolute atomic E-state index is 0.0495. The lowest BCUT2D eigenvalue weighted by Crippen LogP contribution is -2.43. The van der Waals surface area contributed by atoms with Crippen LogP contribution >= 0.6 is 0 Å². The van der Waals surface area contributed by atoms with Crippen LogP contribution in [-0.4, -0.2) is 37.1 Å². The molecule has 0 saturated carbocycles. The summed E-state index contributed by atoms with van der Waals surface area (Å²) in [6, 6.07) is 2.32. The highest BCUT2D eigenvalue weighted by atomic mass is 16.5. The molecule has 1 fully saturated rings. The van der Waals surface area contributed by atoms with E-state index in [9.17, 15) is 4.79 Å². The number of carbonyl (C=O) groups excluding carboxylic acids is 1. The van der Waals surface area contributed by atoms with Crippen LogP contribution in [0.15, 0.2) is 0 Å². The second kappa shape index (κ2) is 5.86. The van der Waals surface area contributed by atoms with Gasteiger partial charge in [0.1, 0.15) is 6.61 Å². The van der Waals surface area contributed by atoms with Gasteiger partial charge in [0.05, 0.1) is 11.5 Å². The second-order valence-electron chi connectivity index (χ2n) is 4.61. The lowest BCUT2D eigenvalue weighted by Gasteiger charge is -2.34. The molecule has 0 unspecified atom stereocenters. The lowest BCUT2D eigenvalue weighted by atomic mass is 9.82. The molecule has 0 atom stereocenters. The molecule has 0 aromatic rings. The summed E-state index contributed by atoms with van der Waals surface area (Å²) in [6.07, 6.45) is 2.46. The van der Waals surface area contributed by atoms with Gasteiger partial charge in [0.25, 0.3) is 0 Å². The molecule has 1 aliphatic heterocycles. The van der Waals surface area contributed by atoms with Crippen LogP contribution in [0.4, 0.5) is 0 Å². The number of nitrogens with zero attached hydrogens (tertiary/aromatic N) is 2. The first kappa shape index (κ1) is 13.0. The van der Waals surface area contributed by atoms with Gasteiger partial charge < -0.3 is 9.64 Å². The van der Waals surface area contributed by atoms with E-state index in [1.807, 2.05) is 13.8 Å². The van der Waals surface area contributed by atoms with Gasteiger partial charge in [0, 0.05) is 19.7 Å². The van der Waals surface area contributed by atoms with Crippen molar-refractivity contribution >= 4 is 5.91 Å². The maximum atomic E-state index is 11.7. The number of hydrogen-bond donors (Lipinski definition) is 0. The molecular formula is C12H20N2O2. The molecule has 0 aromatic carbocycles. The lowest BCUT2D eigenvalue weighted by molar-refractivity contribution is -0.137. The van der Waals surface area contributed by atoms with Gasteiger partial charge >= 0.3 is 0 Å². The first-order valence-electron chi connectivity index (χ1n) is 5.88. The Kier molecular flexibility index (Phi) is 4.75. The third-order valence-corrected chi connectivity index (χ3v) is 3.06. The van der Waals surface area contributed by atoms with E-state index in [-0.39, 0.29) is 17.9 Å². The maximum absolute atomic E-state index is 11.7. The molecule has 0 bridgehead atoms. The Hall–Kier alpha value is -1.08.